The number of esters is 1. The highest BCUT2D eigenvalue weighted by molar-refractivity contribution is 5.98. The summed E-state index contributed by atoms with van der Waals surface area (Å²) in [7, 11) is 3.22. The van der Waals surface area contributed by atoms with Crippen LogP contribution in [0.1, 0.15) is 28.4 Å². The fourth-order valence-electron chi connectivity index (χ4n) is 4.57. The molecule has 0 unspecified atom stereocenters. The molecule has 6 rings (SSSR count). The molecule has 1 aromatic carbocycles. The molecule has 4 aromatic heterocycles. The van der Waals surface area contributed by atoms with Crippen molar-refractivity contribution in [3.63, 3.8) is 0 Å². The highest BCUT2D eigenvalue weighted by atomic mass is 19.3. The van der Waals surface area contributed by atoms with Gasteiger partial charge in [0.1, 0.15) is 23.1 Å². The number of fused-ring (bicyclic) bond motifs is 2. The Bertz CT molecular complexity index is 1610. The molecule has 0 saturated heterocycles. The van der Waals surface area contributed by atoms with Gasteiger partial charge in [-0.05, 0) is 17.7 Å². The summed E-state index contributed by atoms with van der Waals surface area (Å²) in [6.07, 6.45) is 4.47. The van der Waals surface area contributed by atoms with E-state index in [1.165, 1.54) is 17.9 Å². The van der Waals surface area contributed by atoms with E-state index in [1.54, 1.807) is 23.0 Å². The van der Waals surface area contributed by atoms with Gasteiger partial charge >= 0.3 is 5.97 Å². The molecule has 8 nitrogen and oxygen atoms in total. The summed E-state index contributed by atoms with van der Waals surface area (Å²) >= 11 is 0. The number of methoxy groups -OCH3 is 1. The van der Waals surface area contributed by atoms with Crippen LogP contribution in [0.2, 0.25) is 0 Å². The van der Waals surface area contributed by atoms with Gasteiger partial charge in [-0.15, -0.1) is 0 Å². The van der Waals surface area contributed by atoms with Gasteiger partial charge in [0.2, 0.25) is 0 Å². The fraction of sp³-hybridized carbons (Fsp3) is 0.231. The van der Waals surface area contributed by atoms with Gasteiger partial charge in [0.15, 0.2) is 5.65 Å². The van der Waals surface area contributed by atoms with Crippen LogP contribution in [0.15, 0.2) is 67.1 Å². The van der Waals surface area contributed by atoms with Crippen molar-refractivity contribution in [3.05, 3.63) is 78.2 Å². The Morgan fingerprint density at radius 2 is 1.97 bits per heavy atom. The van der Waals surface area contributed by atoms with E-state index >= 15 is 0 Å². The molecule has 5 aromatic rings. The van der Waals surface area contributed by atoms with E-state index in [1.807, 2.05) is 54.4 Å². The number of anilines is 1. The van der Waals surface area contributed by atoms with Crippen molar-refractivity contribution >= 4 is 28.5 Å². The molecule has 0 spiro atoms. The molecule has 0 radical (unpaired) electrons. The number of hydrogen-bond donors (Lipinski definition) is 0. The minimum atomic E-state index is -2.76. The second-order valence-electron chi connectivity index (χ2n) is 8.93. The Balaban J connectivity index is 1.55. The molecule has 0 amide bonds. The predicted molar refractivity (Wildman–Crippen MR) is 130 cm³/mol. The van der Waals surface area contributed by atoms with E-state index in [9.17, 15) is 13.6 Å². The lowest BCUT2D eigenvalue weighted by atomic mass is 10.1. The Labute approximate surface area is 204 Å². The summed E-state index contributed by atoms with van der Waals surface area (Å²) in [6.45, 7) is 0.574. The number of aromatic nitrogens is 5. The minimum absolute atomic E-state index is 0.212. The van der Waals surface area contributed by atoms with Crippen LogP contribution in [-0.4, -0.2) is 50.2 Å². The molecule has 1 fully saturated rings. The zero-order valence-electron chi connectivity index (χ0n) is 19.6. The van der Waals surface area contributed by atoms with Crippen molar-refractivity contribution in [2.24, 2.45) is 0 Å². The molecule has 0 bridgehead atoms. The van der Waals surface area contributed by atoms with Gasteiger partial charge < -0.3 is 14.2 Å². The van der Waals surface area contributed by atoms with Crippen molar-refractivity contribution < 1.29 is 18.3 Å². The molecular weight excluding hydrogens is 466 g/mol. The number of hydrogen-bond acceptors (Lipinski definition) is 6. The monoisotopic (exact) mass is 488 g/mol. The number of alkyl halides is 2. The third-order valence-corrected chi connectivity index (χ3v) is 6.51. The molecule has 1 atom stereocenters. The predicted octanol–water partition coefficient (Wildman–Crippen LogP) is 4.75. The first-order valence-corrected chi connectivity index (χ1v) is 11.4. The zero-order chi connectivity index (χ0) is 25.0. The van der Waals surface area contributed by atoms with Crippen LogP contribution in [-0.2, 0) is 11.3 Å². The number of nitrogens with zero attached hydrogens (tertiary/aromatic N) is 6. The lowest BCUT2D eigenvalue weighted by Gasteiger charge is -2.21. The maximum Gasteiger partial charge on any atom is 0.343 e. The molecule has 0 aliphatic heterocycles. The van der Waals surface area contributed by atoms with Crippen molar-refractivity contribution in [1.82, 2.24) is 24.1 Å². The SMILES string of the molecule is COC(=O)c1cnn2c(N(C)Cc3ccccc3)cc(-c3cn([C@@H]4CC4(F)F)c4ncccc34)nc12. The number of benzene rings is 1. The Kier molecular flexibility index (Phi) is 4.99. The standard InChI is InChI=1S/C26H22F2N6O2/c1-32(14-16-7-4-3-5-8-16)22-11-20(31-24-18(25(35)36-2)13-30-34(22)24)19-15-33(21-12-26(21,27)28)23-17(19)9-6-10-29-23/h3-11,13,15,21H,12,14H2,1-2H3/t21-/m1/s1. The Morgan fingerprint density at radius 3 is 2.69 bits per heavy atom. The van der Waals surface area contributed by atoms with E-state index in [0.29, 0.717) is 40.3 Å². The van der Waals surface area contributed by atoms with Crippen molar-refractivity contribution in [1.29, 1.82) is 0 Å². The first kappa shape index (κ1) is 22.1. The number of rotatable bonds is 6. The summed E-state index contributed by atoms with van der Waals surface area (Å²) in [5.41, 5.74) is 3.25. The van der Waals surface area contributed by atoms with Crippen molar-refractivity contribution in [2.75, 3.05) is 19.1 Å². The lowest BCUT2D eigenvalue weighted by Crippen LogP contribution is -2.20. The minimum Gasteiger partial charge on any atom is -0.465 e. The van der Waals surface area contributed by atoms with E-state index in [4.69, 9.17) is 9.72 Å². The van der Waals surface area contributed by atoms with E-state index in [-0.39, 0.29) is 12.0 Å². The van der Waals surface area contributed by atoms with Gasteiger partial charge in [-0.25, -0.2) is 23.5 Å². The van der Waals surface area contributed by atoms with E-state index in [0.717, 1.165) is 5.56 Å². The van der Waals surface area contributed by atoms with Gasteiger partial charge in [-0.1, -0.05) is 30.3 Å². The second-order valence-corrected chi connectivity index (χ2v) is 8.93. The average molecular weight is 488 g/mol. The first-order valence-electron chi connectivity index (χ1n) is 11.4. The quantitative estimate of drug-likeness (QED) is 0.321. The third kappa shape index (κ3) is 3.57. The molecule has 10 heteroatoms. The van der Waals surface area contributed by atoms with Crippen LogP contribution in [0.5, 0.6) is 0 Å². The highest BCUT2D eigenvalue weighted by Crippen LogP contribution is 2.54. The molecule has 0 N–H and O–H groups in total. The number of carbonyl (C=O) groups is 1. The van der Waals surface area contributed by atoms with Crippen LogP contribution in [0.25, 0.3) is 27.9 Å². The smallest absolute Gasteiger partial charge is 0.343 e. The van der Waals surface area contributed by atoms with Gasteiger partial charge in [-0.2, -0.15) is 9.61 Å². The van der Waals surface area contributed by atoms with Gasteiger partial charge in [-0.3, -0.25) is 0 Å². The van der Waals surface area contributed by atoms with Gasteiger partial charge in [0.05, 0.1) is 19.0 Å². The molecule has 182 valence electrons. The molecule has 1 aliphatic carbocycles. The van der Waals surface area contributed by atoms with Crippen molar-refractivity contribution in [3.8, 4) is 11.3 Å². The summed E-state index contributed by atoms with van der Waals surface area (Å²) < 4.78 is 36.1. The normalized spacial score (nSPS) is 16.4. The first-order chi connectivity index (χ1) is 17.4. The fourth-order valence-corrected chi connectivity index (χ4v) is 4.57. The molecule has 36 heavy (non-hydrogen) atoms. The summed E-state index contributed by atoms with van der Waals surface area (Å²) in [6, 6.07) is 14.4. The Hall–Kier alpha value is -4.34. The summed E-state index contributed by atoms with van der Waals surface area (Å²) in [5.74, 6) is -2.65. The van der Waals surface area contributed by atoms with Gasteiger partial charge in [0.25, 0.3) is 5.92 Å². The maximum absolute atomic E-state index is 14.0. The summed E-state index contributed by atoms with van der Waals surface area (Å²) in [5, 5.41) is 5.11. The van der Waals surface area contributed by atoms with E-state index in [2.05, 4.69) is 10.1 Å². The topological polar surface area (TPSA) is 77.5 Å². The summed E-state index contributed by atoms with van der Waals surface area (Å²) in [4.78, 5) is 23.6. The zero-order valence-corrected chi connectivity index (χ0v) is 19.6. The van der Waals surface area contributed by atoms with Crippen molar-refractivity contribution in [2.45, 2.75) is 24.9 Å². The van der Waals surface area contributed by atoms with Crippen LogP contribution < -0.4 is 4.90 Å². The number of pyridine rings is 1. The second kappa shape index (κ2) is 8.11. The van der Waals surface area contributed by atoms with Crippen LogP contribution in [0.3, 0.4) is 0 Å². The van der Waals surface area contributed by atoms with Gasteiger partial charge in [0, 0.05) is 49.4 Å². The third-order valence-electron chi connectivity index (χ3n) is 6.51. The Morgan fingerprint density at radius 1 is 1.19 bits per heavy atom. The highest BCUT2D eigenvalue weighted by Gasteiger charge is 2.58. The number of ether oxygens (including phenoxy) is 1. The maximum atomic E-state index is 14.0. The largest absolute Gasteiger partial charge is 0.465 e. The number of carbonyl (C=O) groups excluding carboxylic acids is 1. The van der Waals surface area contributed by atoms with Crippen LogP contribution in [0.4, 0.5) is 14.6 Å². The number of halogens is 2. The molecule has 1 saturated carbocycles. The molecule has 1 aliphatic rings. The van der Waals surface area contributed by atoms with E-state index < -0.39 is 17.9 Å². The molecule has 4 heterocycles. The average Bonchev–Trinajstić information content (AvgIpc) is 3.22. The van der Waals surface area contributed by atoms with Crippen LogP contribution >= 0.6 is 0 Å². The van der Waals surface area contributed by atoms with Crippen LogP contribution in [0, 0.1) is 0 Å². The lowest BCUT2D eigenvalue weighted by molar-refractivity contribution is 0.0602. The molecular formula is C26H22F2N6O2.